The van der Waals surface area contributed by atoms with Crippen molar-refractivity contribution in [2.45, 2.75) is 32.1 Å². The molecule has 0 radical (unpaired) electrons. The average Bonchev–Trinajstić information content (AvgIpc) is 2.42. The van der Waals surface area contributed by atoms with Gasteiger partial charge < -0.3 is 4.74 Å². The summed E-state index contributed by atoms with van der Waals surface area (Å²) in [5.74, 6) is 0.219. The topological polar surface area (TPSA) is 43.4 Å². The Morgan fingerprint density at radius 2 is 1.36 bits per heavy atom. The van der Waals surface area contributed by atoms with Gasteiger partial charge in [0.2, 0.25) is 0 Å². The summed E-state index contributed by atoms with van der Waals surface area (Å²) in [6.07, 6.45) is 5.64. The molecule has 0 aromatic rings. The highest BCUT2D eigenvalue weighted by Crippen LogP contribution is 2.50. The number of hydrogen-bond acceptors (Lipinski definition) is 3. The van der Waals surface area contributed by atoms with Crippen LogP contribution >= 0.6 is 0 Å². The second-order valence-electron chi connectivity index (χ2n) is 4.82. The first kappa shape index (κ1) is 8.45. The zero-order valence-electron chi connectivity index (χ0n) is 8.07. The van der Waals surface area contributed by atoms with Crippen molar-refractivity contribution in [1.82, 2.24) is 0 Å². The van der Waals surface area contributed by atoms with Crippen molar-refractivity contribution >= 4 is 11.9 Å². The number of esters is 2. The minimum absolute atomic E-state index is 0.0799. The lowest BCUT2D eigenvalue weighted by Crippen LogP contribution is -2.34. The van der Waals surface area contributed by atoms with Crippen molar-refractivity contribution in [2.24, 2.45) is 23.7 Å². The van der Waals surface area contributed by atoms with Gasteiger partial charge in [-0.2, -0.15) is 0 Å². The molecule has 3 saturated carbocycles. The molecule has 0 aromatic heterocycles. The lowest BCUT2D eigenvalue weighted by Gasteiger charge is -2.31. The van der Waals surface area contributed by atoms with Crippen LogP contribution in [0.4, 0.5) is 0 Å². The summed E-state index contributed by atoms with van der Waals surface area (Å²) in [7, 11) is 0. The van der Waals surface area contributed by atoms with E-state index in [-0.39, 0.29) is 23.8 Å². The monoisotopic (exact) mass is 194 g/mol. The molecule has 0 amide bonds. The van der Waals surface area contributed by atoms with Gasteiger partial charge in [-0.25, -0.2) is 0 Å². The summed E-state index contributed by atoms with van der Waals surface area (Å²) in [6.45, 7) is 0. The van der Waals surface area contributed by atoms with E-state index in [0.29, 0.717) is 11.8 Å². The summed E-state index contributed by atoms with van der Waals surface area (Å²) < 4.78 is 4.77. The Hall–Kier alpha value is -0.860. The summed E-state index contributed by atoms with van der Waals surface area (Å²) in [6, 6.07) is 0. The summed E-state index contributed by atoms with van der Waals surface area (Å²) in [5.41, 5.74) is 0. The molecular formula is C11H14O3. The van der Waals surface area contributed by atoms with Crippen LogP contribution in [0.5, 0.6) is 0 Å². The van der Waals surface area contributed by atoms with Gasteiger partial charge >= 0.3 is 11.9 Å². The Labute approximate surface area is 82.8 Å². The third-order valence-corrected chi connectivity index (χ3v) is 4.21. The lowest BCUT2D eigenvalue weighted by molar-refractivity contribution is -0.154. The van der Waals surface area contributed by atoms with Crippen molar-refractivity contribution in [3.05, 3.63) is 0 Å². The summed E-state index contributed by atoms with van der Waals surface area (Å²) >= 11 is 0. The molecule has 0 spiro atoms. The fourth-order valence-corrected chi connectivity index (χ4v) is 3.58. The van der Waals surface area contributed by atoms with Crippen LogP contribution in [0, 0.1) is 23.7 Å². The second kappa shape index (κ2) is 2.81. The van der Waals surface area contributed by atoms with Crippen molar-refractivity contribution in [1.29, 1.82) is 0 Å². The maximum Gasteiger partial charge on any atom is 0.317 e. The number of rotatable bonds is 0. The van der Waals surface area contributed by atoms with Gasteiger partial charge in [0.1, 0.15) is 0 Å². The lowest BCUT2D eigenvalue weighted by atomic mass is 9.69. The molecule has 3 heteroatoms. The number of carbonyl (C=O) groups is 2. The number of ether oxygens (including phenoxy) is 1. The summed E-state index contributed by atoms with van der Waals surface area (Å²) in [4.78, 5) is 23.0. The van der Waals surface area contributed by atoms with Crippen LogP contribution in [-0.2, 0) is 14.3 Å². The molecule has 0 N–H and O–H groups in total. The molecule has 3 aliphatic carbocycles. The van der Waals surface area contributed by atoms with Crippen LogP contribution in [0.1, 0.15) is 32.1 Å². The quantitative estimate of drug-likeness (QED) is 0.433. The molecule has 4 rings (SSSR count). The van der Waals surface area contributed by atoms with Crippen LogP contribution < -0.4 is 0 Å². The highest BCUT2D eigenvalue weighted by Gasteiger charge is 2.54. The molecular weight excluding hydrogens is 180 g/mol. The van der Waals surface area contributed by atoms with E-state index < -0.39 is 0 Å². The molecule has 4 aliphatic rings. The Morgan fingerprint density at radius 3 is 1.86 bits per heavy atom. The van der Waals surface area contributed by atoms with Crippen molar-refractivity contribution in [3.8, 4) is 0 Å². The molecule has 14 heavy (non-hydrogen) atoms. The van der Waals surface area contributed by atoms with E-state index >= 15 is 0 Å². The average molecular weight is 194 g/mol. The van der Waals surface area contributed by atoms with Crippen LogP contribution in [0.15, 0.2) is 0 Å². The van der Waals surface area contributed by atoms with Crippen LogP contribution in [0.25, 0.3) is 0 Å². The van der Waals surface area contributed by atoms with Gasteiger partial charge in [0.05, 0.1) is 11.8 Å². The smallest absolute Gasteiger partial charge is 0.317 e. The van der Waals surface area contributed by atoms with Gasteiger partial charge in [-0.3, -0.25) is 9.59 Å². The SMILES string of the molecule is O=C1OC(=O)[C@H]2C3CCCC(CC3)[C@@H]12. The molecule has 0 aromatic carbocycles. The Kier molecular flexibility index (Phi) is 1.70. The predicted molar refractivity (Wildman–Crippen MR) is 48.1 cm³/mol. The van der Waals surface area contributed by atoms with Gasteiger partial charge in [-0.1, -0.05) is 6.42 Å². The molecule has 1 heterocycles. The number of carbonyl (C=O) groups excluding carboxylic acids is 2. The van der Waals surface area contributed by atoms with E-state index in [0.717, 1.165) is 25.7 Å². The number of fused-ring (bicyclic) bond motifs is 3. The summed E-state index contributed by atoms with van der Waals surface area (Å²) in [5, 5.41) is 0. The normalized spacial score (nSPS) is 46.0. The van der Waals surface area contributed by atoms with Gasteiger partial charge in [0.25, 0.3) is 0 Å². The van der Waals surface area contributed by atoms with Crippen molar-refractivity contribution in [2.75, 3.05) is 0 Å². The number of hydrogen-bond donors (Lipinski definition) is 0. The molecule has 4 atom stereocenters. The van der Waals surface area contributed by atoms with E-state index in [1.165, 1.54) is 6.42 Å². The minimum Gasteiger partial charge on any atom is -0.393 e. The molecule has 3 nitrogen and oxygen atoms in total. The van der Waals surface area contributed by atoms with Crippen LogP contribution in [0.3, 0.4) is 0 Å². The van der Waals surface area contributed by atoms with E-state index in [2.05, 4.69) is 0 Å². The van der Waals surface area contributed by atoms with E-state index in [1.54, 1.807) is 0 Å². The maximum atomic E-state index is 11.5. The highest BCUT2D eigenvalue weighted by molar-refractivity contribution is 5.97. The van der Waals surface area contributed by atoms with Gasteiger partial charge in [-0.15, -0.1) is 0 Å². The zero-order chi connectivity index (χ0) is 9.71. The molecule has 1 saturated heterocycles. The fraction of sp³-hybridized carbons (Fsp3) is 0.818. The number of cyclic esters (lactones) is 2. The van der Waals surface area contributed by atoms with Crippen LogP contribution in [0.2, 0.25) is 0 Å². The molecule has 2 unspecified atom stereocenters. The second-order valence-corrected chi connectivity index (χ2v) is 4.82. The Bertz CT molecular complexity index is 265. The minimum atomic E-state index is -0.239. The third kappa shape index (κ3) is 0.983. The van der Waals surface area contributed by atoms with Crippen molar-refractivity contribution < 1.29 is 14.3 Å². The Morgan fingerprint density at radius 1 is 0.857 bits per heavy atom. The molecule has 4 fully saturated rings. The first-order valence-corrected chi connectivity index (χ1v) is 5.53. The van der Waals surface area contributed by atoms with Crippen molar-refractivity contribution in [3.63, 3.8) is 0 Å². The van der Waals surface area contributed by atoms with Crippen LogP contribution in [-0.4, -0.2) is 11.9 Å². The highest BCUT2D eigenvalue weighted by atomic mass is 16.6. The maximum absolute atomic E-state index is 11.5. The zero-order valence-corrected chi connectivity index (χ0v) is 8.07. The van der Waals surface area contributed by atoms with Gasteiger partial charge in [0, 0.05) is 0 Å². The van der Waals surface area contributed by atoms with E-state index in [4.69, 9.17) is 4.74 Å². The van der Waals surface area contributed by atoms with Gasteiger partial charge in [-0.05, 0) is 37.5 Å². The largest absolute Gasteiger partial charge is 0.393 e. The molecule has 76 valence electrons. The first-order valence-electron chi connectivity index (χ1n) is 5.53. The van der Waals surface area contributed by atoms with E-state index in [1.807, 2.05) is 0 Å². The Balaban J connectivity index is 2.00. The first-order chi connectivity index (χ1) is 6.77. The molecule has 1 aliphatic heterocycles. The van der Waals surface area contributed by atoms with Gasteiger partial charge in [0.15, 0.2) is 0 Å². The predicted octanol–water partition coefficient (Wildman–Crippen LogP) is 1.51. The third-order valence-electron chi connectivity index (χ3n) is 4.21. The fourth-order valence-electron chi connectivity index (χ4n) is 3.58. The molecule has 2 bridgehead atoms. The van der Waals surface area contributed by atoms with E-state index in [9.17, 15) is 9.59 Å². The standard InChI is InChI=1S/C11H14O3/c12-10-8-6-2-1-3-7(5-4-6)9(8)11(13)14-10/h6-9H,1-5H2/t6?,7?,8-,9+.